The number of thiophene rings is 2. The third-order valence-corrected chi connectivity index (χ3v) is 25.3. The molecule has 0 bridgehead atoms. The van der Waals surface area contributed by atoms with Crippen LogP contribution in [-0.2, 0) is 116 Å². The Hall–Kier alpha value is -8.42. The summed E-state index contributed by atoms with van der Waals surface area (Å²) in [4.78, 5) is 10.9. The van der Waals surface area contributed by atoms with Crippen LogP contribution in [0.2, 0.25) is 0 Å². The van der Waals surface area contributed by atoms with Crippen LogP contribution in [0.15, 0.2) is 319 Å². The van der Waals surface area contributed by atoms with Crippen LogP contribution in [0.4, 0.5) is 0 Å². The third-order valence-electron chi connectivity index (χ3n) is 18.1. The van der Waals surface area contributed by atoms with Crippen molar-refractivity contribution in [3.05, 3.63) is 353 Å². The smallest absolute Gasteiger partial charge is 0.129 e. The molecule has 12 aromatic rings. The van der Waals surface area contributed by atoms with Gasteiger partial charge in [-0.05, 0) is 186 Å². The van der Waals surface area contributed by atoms with Gasteiger partial charge in [0.1, 0.15) is 18.1 Å². The van der Waals surface area contributed by atoms with Gasteiger partial charge in [-0.1, -0.05) is 224 Å². The molecular formula is C108H154N2O17P2S2. The van der Waals surface area contributed by atoms with E-state index in [1.54, 1.807) is 141 Å². The fraction of sp³-hybridized carbons (Fsp3) is 0.407. The highest BCUT2D eigenvalue weighted by Gasteiger charge is 2.25. The zero-order valence-electron chi connectivity index (χ0n) is 81.7. The van der Waals surface area contributed by atoms with E-state index >= 15 is 0 Å². The molecule has 19 nitrogen and oxygen atoms in total. The SMILES string of the molecule is CCOc1ccccc1.COC(C)(C)CP(c1ccccc1)c1ccccc1.COC(C)(C)c1ccccc1.COCC1CCCO1.COCCCOC.COCCOC.COCCP(c1ccccc1)c1ccccc1.COCCc1ccccc1.COCCc1ccccn1.COCCc1cccs1.COCc1ccccn1.COCc1ccco1.COCc1cccs1. The molecule has 0 spiro atoms. The Morgan fingerprint density at radius 2 is 0.809 bits per heavy atom. The highest BCUT2D eigenvalue weighted by molar-refractivity contribution is 7.73. The Morgan fingerprint density at radius 1 is 0.374 bits per heavy atom. The monoisotopic (exact) mass is 1880 g/mol. The van der Waals surface area contributed by atoms with E-state index in [2.05, 4.69) is 216 Å². The van der Waals surface area contributed by atoms with Crippen molar-refractivity contribution in [1.82, 2.24) is 9.97 Å². The van der Waals surface area contributed by atoms with Gasteiger partial charge in [0.15, 0.2) is 0 Å². The summed E-state index contributed by atoms with van der Waals surface area (Å²) in [5.41, 5.74) is 4.34. The maximum atomic E-state index is 5.63. The summed E-state index contributed by atoms with van der Waals surface area (Å²) in [6, 6.07) is 97.0. The van der Waals surface area contributed by atoms with Crippen LogP contribution in [-0.4, -0.2) is 206 Å². The zero-order chi connectivity index (χ0) is 95.8. The highest BCUT2D eigenvalue weighted by atomic mass is 32.1. The molecule has 0 aliphatic carbocycles. The molecule has 1 saturated heterocycles. The molecule has 720 valence electrons. The topological polar surface area (TPSA) is 187 Å². The first-order valence-corrected chi connectivity index (χ1v) is 48.8. The first-order chi connectivity index (χ1) is 64.0. The summed E-state index contributed by atoms with van der Waals surface area (Å²) in [6.45, 7) is 20.9. The lowest BCUT2D eigenvalue weighted by atomic mass is 9.98. The maximum Gasteiger partial charge on any atom is 0.129 e. The number of methoxy groups -OCH3 is 14. The number of furan rings is 1. The Bertz CT molecular complexity index is 4040. The van der Waals surface area contributed by atoms with Gasteiger partial charge in [0.05, 0.1) is 95.3 Å². The number of rotatable bonds is 38. The summed E-state index contributed by atoms with van der Waals surface area (Å²) in [5, 5.41) is 9.80. The van der Waals surface area contributed by atoms with Gasteiger partial charge in [0.25, 0.3) is 0 Å². The molecule has 131 heavy (non-hydrogen) atoms. The Balaban J connectivity index is 0.000000719. The normalized spacial score (nSPS) is 11.4. The molecule has 0 saturated carbocycles. The molecule has 1 aliphatic rings. The van der Waals surface area contributed by atoms with E-state index in [-0.39, 0.29) is 27.0 Å². The molecule has 13 rings (SSSR count). The maximum absolute atomic E-state index is 5.63. The van der Waals surface area contributed by atoms with E-state index < -0.39 is 0 Å². The number of benzene rings is 7. The van der Waals surface area contributed by atoms with Gasteiger partial charge in [-0.2, -0.15) is 0 Å². The second-order valence-electron chi connectivity index (χ2n) is 29.2. The van der Waals surface area contributed by atoms with Crippen LogP contribution in [0.25, 0.3) is 0 Å². The first kappa shape index (κ1) is 121. The van der Waals surface area contributed by atoms with Gasteiger partial charge in [0, 0.05) is 166 Å². The van der Waals surface area contributed by atoms with E-state index in [9.17, 15) is 0 Å². The highest BCUT2D eigenvalue weighted by Crippen LogP contribution is 2.38. The van der Waals surface area contributed by atoms with Gasteiger partial charge in [-0.15, -0.1) is 22.7 Å². The Morgan fingerprint density at radius 3 is 1.21 bits per heavy atom. The Labute approximate surface area is 798 Å². The van der Waals surface area contributed by atoms with Crippen LogP contribution in [0.3, 0.4) is 0 Å². The van der Waals surface area contributed by atoms with Gasteiger partial charge >= 0.3 is 0 Å². The number of pyridine rings is 2. The molecule has 1 unspecified atom stereocenters. The molecule has 0 N–H and O–H groups in total. The van der Waals surface area contributed by atoms with Crippen molar-refractivity contribution < 1.29 is 80.2 Å². The van der Waals surface area contributed by atoms with Gasteiger partial charge in [0.2, 0.25) is 0 Å². The van der Waals surface area contributed by atoms with Gasteiger partial charge in [-0.3, -0.25) is 9.97 Å². The minimum Gasteiger partial charge on any atom is -0.494 e. The van der Waals surface area contributed by atoms with Crippen LogP contribution in [0, 0.1) is 0 Å². The van der Waals surface area contributed by atoms with Crippen molar-refractivity contribution in [2.24, 2.45) is 0 Å². The molecule has 6 heterocycles. The molecule has 0 radical (unpaired) electrons. The minimum atomic E-state index is -0.370. The van der Waals surface area contributed by atoms with Crippen LogP contribution < -0.4 is 26.0 Å². The predicted molar refractivity (Wildman–Crippen MR) is 549 cm³/mol. The molecule has 0 amide bonds. The third kappa shape index (κ3) is 65.8. The Kier molecular flexibility index (Phi) is 78.9. The number of hydrogen-bond acceptors (Lipinski definition) is 21. The van der Waals surface area contributed by atoms with Crippen molar-refractivity contribution in [2.75, 3.05) is 185 Å². The largest absolute Gasteiger partial charge is 0.494 e. The fourth-order valence-corrected chi connectivity index (χ4v) is 17.1. The van der Waals surface area contributed by atoms with E-state index in [1.807, 2.05) is 134 Å². The lowest BCUT2D eigenvalue weighted by Crippen LogP contribution is -2.31. The van der Waals surface area contributed by atoms with Crippen molar-refractivity contribution in [3.63, 3.8) is 0 Å². The van der Waals surface area contributed by atoms with Crippen LogP contribution >= 0.6 is 38.5 Å². The number of hydrogen-bond donors (Lipinski definition) is 0. The molecule has 5 aromatic heterocycles. The summed E-state index contributed by atoms with van der Waals surface area (Å²) in [6.07, 6.45) is 14.0. The second-order valence-corrected chi connectivity index (χ2v) is 35.8. The summed E-state index contributed by atoms with van der Waals surface area (Å²) in [5.74, 6) is 1.81. The van der Waals surface area contributed by atoms with Crippen molar-refractivity contribution in [3.8, 4) is 5.75 Å². The van der Waals surface area contributed by atoms with E-state index in [1.165, 1.54) is 54.9 Å². The number of para-hydroxylation sites is 1. The lowest BCUT2D eigenvalue weighted by Gasteiger charge is -2.29. The number of nitrogens with zero attached hydrogens (tertiary/aromatic N) is 2. The first-order valence-electron chi connectivity index (χ1n) is 44.0. The lowest BCUT2D eigenvalue weighted by molar-refractivity contribution is 0.0192. The molecule has 23 heteroatoms. The van der Waals surface area contributed by atoms with Crippen LogP contribution in [0.1, 0.15) is 91.9 Å². The average Bonchev–Trinajstić information content (AvgIpc) is 0.966. The quantitative estimate of drug-likeness (QED) is 0.0262. The zero-order valence-corrected chi connectivity index (χ0v) is 85.1. The van der Waals surface area contributed by atoms with E-state index in [0.29, 0.717) is 32.5 Å². The molecule has 7 aromatic carbocycles. The summed E-state index contributed by atoms with van der Waals surface area (Å²) >= 11 is 3.51. The van der Waals surface area contributed by atoms with Gasteiger partial charge in [-0.25, -0.2) is 0 Å². The molecule has 1 fully saturated rings. The molecule has 1 aliphatic heterocycles. The minimum absolute atomic E-state index is 0.0998. The number of aromatic nitrogens is 2. The predicted octanol–water partition coefficient (Wildman–Crippen LogP) is 22.4. The molecule has 1 atom stereocenters. The summed E-state index contributed by atoms with van der Waals surface area (Å²) in [7, 11) is 23.2. The average molecular weight is 1880 g/mol. The van der Waals surface area contributed by atoms with Crippen molar-refractivity contribution in [2.45, 2.75) is 110 Å². The van der Waals surface area contributed by atoms with E-state index in [4.69, 9.17) is 70.7 Å². The summed E-state index contributed by atoms with van der Waals surface area (Å²) < 4.78 is 84.7. The second kappa shape index (κ2) is 85.7. The van der Waals surface area contributed by atoms with Crippen molar-refractivity contribution in [1.29, 1.82) is 0 Å². The number of ether oxygens (including phenoxy) is 16. The molecular weight excluding hydrogens is 1720 g/mol. The standard InChI is InChI=1S/C17H21OP.C15H17OP.C10H14O.C9H12O.C8H11NO.C8H10O.C7H9NO.C7H10OS.C6H12O2.C6H8O2.C6H8OS.C5H12O2.C4H10O2/c1-17(2,18-3)14-19(15-10-6-4-7-11-15)16-12-8-5-9-13-16;1-16-12-13-17(14-8-4-2-5-9-14)15-10-6-3-7-11-15;1-10(2,11-3)9-7-5-4-6-8-9;1-10-8-7-9-5-3-2-4-6-9;1-10-7-5-8-4-2-3-6-9-8;1-2-9-8-6-4-3-5-7-8;1-9-6-7-4-2-3-5-8-7;1-8-5-4-7-3-2-6-9-7;3*1-7-5-6-3-2-4-8-6;1-6-4-3-5-7-2;1-5-3-4-6-2/h4-13H,14H2,1-3H3;2-11H,12-13H2,1H3;4-8H,1-3H3;2-6H,7-8H2,1H3;2-4,6H,5,7H2,1H3;3-7H,2H2,1H3;2-5H,6H2,1H3;2-3,6H,4-5H2,1H3;6H,2-5H2,1H3;2*2-4H,5H2,1H3;3-5H2,1-2H3;3-4H2,1-2H3. The van der Waals surface area contributed by atoms with Gasteiger partial charge < -0.3 is 80.2 Å². The fourth-order valence-electron chi connectivity index (χ4n) is 10.9. The van der Waals surface area contributed by atoms with Crippen LogP contribution in [0.5, 0.6) is 5.75 Å². The van der Waals surface area contributed by atoms with E-state index in [0.717, 1.165) is 127 Å². The van der Waals surface area contributed by atoms with Crippen molar-refractivity contribution >= 4 is 59.7 Å².